The second-order valence-electron chi connectivity index (χ2n) is 5.95. The van der Waals surface area contributed by atoms with Crippen LogP contribution >= 0.6 is 34.5 Å². The molecule has 0 bridgehead atoms. The summed E-state index contributed by atoms with van der Waals surface area (Å²) in [5.41, 5.74) is 5.78. The number of thiazole rings is 1. The molecule has 0 unspecified atom stereocenters. The van der Waals surface area contributed by atoms with Crippen molar-refractivity contribution in [2.24, 2.45) is 5.10 Å². The molecule has 0 radical (unpaired) electrons. The molecular formula is C21H15Cl2N3OS. The molecule has 0 aliphatic heterocycles. The van der Waals surface area contributed by atoms with E-state index in [1.54, 1.807) is 29.7 Å². The van der Waals surface area contributed by atoms with Crippen molar-refractivity contribution in [3.05, 3.63) is 87.9 Å². The van der Waals surface area contributed by atoms with E-state index < -0.39 is 0 Å². The van der Waals surface area contributed by atoms with Gasteiger partial charge in [0.25, 0.3) is 0 Å². The normalized spacial score (nSPS) is 11.2. The summed E-state index contributed by atoms with van der Waals surface area (Å²) < 4.78 is 6.91. The van der Waals surface area contributed by atoms with Gasteiger partial charge in [-0.05, 0) is 54.1 Å². The molecule has 4 nitrogen and oxygen atoms in total. The van der Waals surface area contributed by atoms with E-state index in [1.807, 2.05) is 54.6 Å². The molecule has 0 spiro atoms. The monoisotopic (exact) mass is 427 g/mol. The summed E-state index contributed by atoms with van der Waals surface area (Å²) in [6.45, 7) is 0.378. The zero-order valence-electron chi connectivity index (χ0n) is 14.6. The molecule has 4 rings (SSSR count). The van der Waals surface area contributed by atoms with Crippen LogP contribution in [-0.4, -0.2) is 11.2 Å². The SMILES string of the molecule is Clc1ccc(COc2ccc(C=NNc3nc4ccccc4s3)cc2)c(Cl)c1. The Balaban J connectivity index is 1.34. The van der Waals surface area contributed by atoms with Crippen LogP contribution in [0.4, 0.5) is 5.13 Å². The molecular weight excluding hydrogens is 413 g/mol. The molecule has 28 heavy (non-hydrogen) atoms. The number of rotatable bonds is 6. The van der Waals surface area contributed by atoms with E-state index in [-0.39, 0.29) is 0 Å². The number of nitrogens with one attached hydrogen (secondary N) is 1. The molecule has 0 saturated heterocycles. The van der Waals surface area contributed by atoms with E-state index >= 15 is 0 Å². The number of hydrogen-bond donors (Lipinski definition) is 1. The average Bonchev–Trinajstić information content (AvgIpc) is 3.11. The van der Waals surface area contributed by atoms with Gasteiger partial charge in [0.1, 0.15) is 12.4 Å². The molecule has 0 aliphatic rings. The maximum absolute atomic E-state index is 6.16. The van der Waals surface area contributed by atoms with Crippen molar-refractivity contribution < 1.29 is 4.74 Å². The lowest BCUT2D eigenvalue weighted by atomic mass is 10.2. The zero-order chi connectivity index (χ0) is 19.3. The van der Waals surface area contributed by atoms with E-state index in [9.17, 15) is 0 Å². The number of nitrogens with zero attached hydrogens (tertiary/aromatic N) is 2. The molecule has 0 fully saturated rings. The van der Waals surface area contributed by atoms with Gasteiger partial charge in [-0.3, -0.25) is 5.43 Å². The number of benzene rings is 3. The van der Waals surface area contributed by atoms with Crippen LogP contribution in [0.3, 0.4) is 0 Å². The molecule has 1 N–H and O–H groups in total. The highest BCUT2D eigenvalue weighted by atomic mass is 35.5. The van der Waals surface area contributed by atoms with Crippen LogP contribution in [0.2, 0.25) is 10.0 Å². The van der Waals surface area contributed by atoms with E-state index in [2.05, 4.69) is 15.5 Å². The highest BCUT2D eigenvalue weighted by molar-refractivity contribution is 7.22. The molecule has 7 heteroatoms. The quantitative estimate of drug-likeness (QED) is 0.277. The van der Waals surface area contributed by atoms with Crippen LogP contribution < -0.4 is 10.2 Å². The topological polar surface area (TPSA) is 46.5 Å². The van der Waals surface area contributed by atoms with E-state index in [0.29, 0.717) is 16.7 Å². The Morgan fingerprint density at radius 2 is 1.86 bits per heavy atom. The van der Waals surface area contributed by atoms with E-state index in [4.69, 9.17) is 27.9 Å². The summed E-state index contributed by atoms with van der Waals surface area (Å²) in [5.74, 6) is 0.752. The largest absolute Gasteiger partial charge is 0.489 e. The first-order valence-electron chi connectivity index (χ1n) is 8.49. The van der Waals surface area contributed by atoms with Crippen molar-refractivity contribution >= 4 is 56.1 Å². The molecule has 4 aromatic rings. The minimum absolute atomic E-state index is 0.378. The number of ether oxygens (including phenoxy) is 1. The summed E-state index contributed by atoms with van der Waals surface area (Å²) in [6, 6.07) is 21.0. The Hall–Kier alpha value is -2.60. The summed E-state index contributed by atoms with van der Waals surface area (Å²) in [7, 11) is 0. The predicted molar refractivity (Wildman–Crippen MR) is 118 cm³/mol. The number of hydrazone groups is 1. The van der Waals surface area contributed by atoms with Crippen molar-refractivity contribution in [1.82, 2.24) is 4.98 Å². The molecule has 0 atom stereocenters. The van der Waals surface area contributed by atoms with E-state index in [1.165, 1.54) is 0 Å². The molecule has 3 aromatic carbocycles. The van der Waals surface area contributed by atoms with Gasteiger partial charge in [0.15, 0.2) is 0 Å². The van der Waals surface area contributed by atoms with Gasteiger partial charge in [-0.25, -0.2) is 4.98 Å². The van der Waals surface area contributed by atoms with Crippen LogP contribution in [0.1, 0.15) is 11.1 Å². The number of para-hydroxylation sites is 1. The molecule has 0 saturated carbocycles. The van der Waals surface area contributed by atoms with Gasteiger partial charge in [-0.2, -0.15) is 5.10 Å². The fourth-order valence-electron chi connectivity index (χ4n) is 2.53. The van der Waals surface area contributed by atoms with Crippen molar-refractivity contribution in [3.8, 4) is 5.75 Å². The first-order chi connectivity index (χ1) is 13.7. The number of fused-ring (bicyclic) bond motifs is 1. The lowest BCUT2D eigenvalue weighted by Crippen LogP contribution is -1.96. The number of hydrogen-bond acceptors (Lipinski definition) is 5. The Morgan fingerprint density at radius 1 is 1.04 bits per heavy atom. The molecule has 0 aliphatic carbocycles. The standard InChI is InChI=1S/C21H15Cl2N3OS/c22-16-8-7-15(18(23)11-16)13-27-17-9-5-14(6-10-17)12-24-26-21-25-19-3-1-2-4-20(19)28-21/h1-12H,13H2,(H,25,26). The molecule has 1 heterocycles. The third-order valence-electron chi connectivity index (χ3n) is 3.96. The third kappa shape index (κ3) is 4.62. The van der Waals surface area contributed by atoms with Crippen LogP contribution in [0, 0.1) is 0 Å². The van der Waals surface area contributed by atoms with Gasteiger partial charge in [0.2, 0.25) is 5.13 Å². The second-order valence-corrected chi connectivity index (χ2v) is 7.82. The number of aromatic nitrogens is 1. The molecule has 1 aromatic heterocycles. The maximum Gasteiger partial charge on any atom is 0.204 e. The van der Waals surface area contributed by atoms with Gasteiger partial charge < -0.3 is 4.74 Å². The van der Waals surface area contributed by atoms with E-state index in [0.717, 1.165) is 32.2 Å². The minimum Gasteiger partial charge on any atom is -0.489 e. The Bertz CT molecular complexity index is 1090. The average molecular weight is 428 g/mol. The van der Waals surface area contributed by atoms with Crippen molar-refractivity contribution in [2.45, 2.75) is 6.61 Å². The lowest BCUT2D eigenvalue weighted by Gasteiger charge is -2.08. The predicted octanol–water partition coefficient (Wildman–Crippen LogP) is 6.63. The fraction of sp³-hybridized carbons (Fsp3) is 0.0476. The first-order valence-corrected chi connectivity index (χ1v) is 10.1. The Labute approximate surface area is 176 Å². The third-order valence-corrected chi connectivity index (χ3v) is 5.49. The smallest absolute Gasteiger partial charge is 0.204 e. The van der Waals surface area contributed by atoms with Gasteiger partial charge >= 0.3 is 0 Å². The summed E-state index contributed by atoms with van der Waals surface area (Å²) in [4.78, 5) is 4.48. The number of anilines is 1. The Morgan fingerprint density at radius 3 is 2.64 bits per heavy atom. The zero-order valence-corrected chi connectivity index (χ0v) is 16.9. The van der Waals surface area contributed by atoms with Gasteiger partial charge in [0.05, 0.1) is 16.4 Å². The highest BCUT2D eigenvalue weighted by Gasteiger charge is 2.03. The van der Waals surface area contributed by atoms with Crippen molar-refractivity contribution in [1.29, 1.82) is 0 Å². The van der Waals surface area contributed by atoms with Crippen LogP contribution in [0.5, 0.6) is 5.75 Å². The highest BCUT2D eigenvalue weighted by Crippen LogP contribution is 2.25. The fourth-order valence-corrected chi connectivity index (χ4v) is 3.81. The summed E-state index contributed by atoms with van der Waals surface area (Å²) >= 11 is 13.6. The summed E-state index contributed by atoms with van der Waals surface area (Å²) in [6.07, 6.45) is 1.74. The van der Waals surface area contributed by atoms with Crippen molar-refractivity contribution in [3.63, 3.8) is 0 Å². The number of halogens is 2. The summed E-state index contributed by atoms with van der Waals surface area (Å²) in [5, 5.41) is 6.22. The molecule has 0 amide bonds. The first kappa shape index (κ1) is 18.7. The molecule has 140 valence electrons. The minimum atomic E-state index is 0.378. The van der Waals surface area contributed by atoms with Crippen LogP contribution in [0.25, 0.3) is 10.2 Å². The maximum atomic E-state index is 6.16. The Kier molecular flexibility index (Phi) is 5.76. The van der Waals surface area contributed by atoms with Crippen LogP contribution in [-0.2, 0) is 6.61 Å². The van der Waals surface area contributed by atoms with Gasteiger partial charge in [-0.1, -0.05) is 52.7 Å². The van der Waals surface area contributed by atoms with Crippen molar-refractivity contribution in [2.75, 3.05) is 5.43 Å². The van der Waals surface area contributed by atoms with Gasteiger partial charge in [0, 0.05) is 15.6 Å². The van der Waals surface area contributed by atoms with Gasteiger partial charge in [-0.15, -0.1) is 0 Å². The van der Waals surface area contributed by atoms with Crippen LogP contribution in [0.15, 0.2) is 71.8 Å². The second kappa shape index (κ2) is 8.61. The lowest BCUT2D eigenvalue weighted by molar-refractivity contribution is 0.306.